The number of methoxy groups -OCH3 is 2. The highest BCUT2D eigenvalue weighted by atomic mass is 32.2. The van der Waals surface area contributed by atoms with Gasteiger partial charge in [0, 0.05) is 19.2 Å². The molecule has 0 spiro atoms. The van der Waals surface area contributed by atoms with Gasteiger partial charge in [0.25, 0.3) is 10.0 Å². The molecular formula is C34H45N3O7S. The normalized spacial score (nSPS) is 11.8. The van der Waals surface area contributed by atoms with Crippen LogP contribution in [0.15, 0.2) is 71.6 Å². The van der Waals surface area contributed by atoms with Gasteiger partial charge in [0.2, 0.25) is 11.8 Å². The van der Waals surface area contributed by atoms with E-state index in [9.17, 15) is 18.0 Å². The maximum absolute atomic E-state index is 14.3. The zero-order chi connectivity index (χ0) is 33.0. The first-order chi connectivity index (χ1) is 21.6. The van der Waals surface area contributed by atoms with E-state index in [2.05, 4.69) is 5.32 Å². The summed E-state index contributed by atoms with van der Waals surface area (Å²) in [5.41, 5.74) is 2.14. The number of nitrogens with one attached hydrogen (secondary N) is 1. The van der Waals surface area contributed by atoms with Crippen LogP contribution in [0.5, 0.6) is 17.2 Å². The average molecular weight is 640 g/mol. The van der Waals surface area contributed by atoms with Crippen LogP contribution < -0.4 is 23.8 Å². The molecule has 2 amide bonds. The van der Waals surface area contributed by atoms with Crippen molar-refractivity contribution >= 4 is 27.5 Å². The highest BCUT2D eigenvalue weighted by Crippen LogP contribution is 2.33. The van der Waals surface area contributed by atoms with Crippen molar-refractivity contribution in [1.29, 1.82) is 0 Å². The number of sulfonamides is 1. The van der Waals surface area contributed by atoms with E-state index in [1.165, 1.54) is 37.3 Å². The van der Waals surface area contributed by atoms with Crippen LogP contribution >= 0.6 is 0 Å². The van der Waals surface area contributed by atoms with Gasteiger partial charge in [0.1, 0.15) is 18.3 Å². The van der Waals surface area contributed by atoms with Gasteiger partial charge in [-0.15, -0.1) is 0 Å². The summed E-state index contributed by atoms with van der Waals surface area (Å²) in [6.07, 6.45) is 2.07. The van der Waals surface area contributed by atoms with E-state index in [0.29, 0.717) is 31.1 Å². The zero-order valence-electron chi connectivity index (χ0n) is 27.0. The Balaban J connectivity index is 2.08. The summed E-state index contributed by atoms with van der Waals surface area (Å²) in [6.45, 7) is 8.21. The van der Waals surface area contributed by atoms with E-state index in [0.717, 1.165) is 28.3 Å². The van der Waals surface area contributed by atoms with Gasteiger partial charge in [0.15, 0.2) is 11.5 Å². The van der Waals surface area contributed by atoms with E-state index in [1.807, 2.05) is 52.0 Å². The van der Waals surface area contributed by atoms with Gasteiger partial charge in [0.05, 0.1) is 31.4 Å². The summed E-state index contributed by atoms with van der Waals surface area (Å²) in [5.74, 6) is 0.358. The van der Waals surface area contributed by atoms with Crippen LogP contribution in [0, 0.1) is 6.92 Å². The van der Waals surface area contributed by atoms with Crippen molar-refractivity contribution in [1.82, 2.24) is 10.2 Å². The first-order valence-corrected chi connectivity index (χ1v) is 16.6. The number of aryl methyl sites for hydroxylation is 1. The van der Waals surface area contributed by atoms with Crippen molar-refractivity contribution in [2.75, 3.05) is 38.2 Å². The van der Waals surface area contributed by atoms with Crippen LogP contribution in [0.25, 0.3) is 0 Å². The molecule has 0 heterocycles. The van der Waals surface area contributed by atoms with E-state index in [4.69, 9.17) is 14.2 Å². The van der Waals surface area contributed by atoms with Crippen LogP contribution in [0.4, 0.5) is 5.69 Å². The van der Waals surface area contributed by atoms with Gasteiger partial charge in [-0.25, -0.2) is 8.42 Å². The monoisotopic (exact) mass is 639 g/mol. The molecule has 0 fully saturated rings. The summed E-state index contributed by atoms with van der Waals surface area (Å²) in [4.78, 5) is 29.0. The van der Waals surface area contributed by atoms with Crippen molar-refractivity contribution in [3.05, 3.63) is 77.9 Å². The zero-order valence-corrected chi connectivity index (χ0v) is 27.9. The Hall–Kier alpha value is -4.25. The third kappa shape index (κ3) is 9.13. The van der Waals surface area contributed by atoms with Gasteiger partial charge in [-0.1, -0.05) is 50.1 Å². The fraction of sp³-hybridized carbons (Fsp3) is 0.412. The van der Waals surface area contributed by atoms with Crippen LogP contribution in [0.2, 0.25) is 0 Å². The number of hydrogen-bond donors (Lipinski definition) is 1. The van der Waals surface area contributed by atoms with Crippen LogP contribution in [0.1, 0.15) is 51.2 Å². The second kappa shape index (κ2) is 16.7. The minimum Gasteiger partial charge on any atom is -0.494 e. The largest absolute Gasteiger partial charge is 0.494 e. The molecule has 0 bridgehead atoms. The summed E-state index contributed by atoms with van der Waals surface area (Å²) in [6, 6.07) is 17.6. The predicted octanol–water partition coefficient (Wildman–Crippen LogP) is 5.33. The number of ether oxygens (including phenoxy) is 3. The molecular weight excluding hydrogens is 594 g/mol. The number of hydrogen-bond acceptors (Lipinski definition) is 7. The molecule has 0 saturated heterocycles. The maximum Gasteiger partial charge on any atom is 0.264 e. The maximum atomic E-state index is 14.3. The smallest absolute Gasteiger partial charge is 0.264 e. The molecule has 1 unspecified atom stereocenters. The van der Waals surface area contributed by atoms with Crippen LogP contribution in [-0.4, -0.2) is 65.1 Å². The fourth-order valence-corrected chi connectivity index (χ4v) is 6.25. The van der Waals surface area contributed by atoms with Gasteiger partial charge >= 0.3 is 0 Å². The number of carbonyl (C=O) groups is 2. The van der Waals surface area contributed by atoms with Crippen molar-refractivity contribution in [2.45, 2.75) is 64.4 Å². The highest BCUT2D eigenvalue weighted by Gasteiger charge is 2.34. The van der Waals surface area contributed by atoms with E-state index < -0.39 is 28.5 Å². The standard InChI is InChI=1S/C34H45N3O7S/c1-7-10-21-35-34(39)30(8-2)36(23-26-13-11-25(4)12-14-26)33(38)24-37(27-15-17-28(18-16-27)44-9-3)45(40,41)29-19-20-31(42-5)32(22-29)43-6/h11-20,22,30H,7-10,21,23-24H2,1-6H3,(H,35,39). The Labute approximate surface area is 267 Å². The fourth-order valence-electron chi connectivity index (χ4n) is 4.82. The lowest BCUT2D eigenvalue weighted by molar-refractivity contribution is -0.140. The third-order valence-corrected chi connectivity index (χ3v) is 9.12. The number of unbranched alkanes of at least 4 members (excludes halogenated alkanes) is 1. The number of amides is 2. The van der Waals surface area contributed by atoms with Gasteiger partial charge in [-0.05, 0) is 68.7 Å². The molecule has 3 rings (SSSR count). The summed E-state index contributed by atoms with van der Waals surface area (Å²) in [5, 5.41) is 2.94. The Morgan fingerprint density at radius 3 is 2.13 bits per heavy atom. The summed E-state index contributed by atoms with van der Waals surface area (Å²) < 4.78 is 45.8. The van der Waals surface area contributed by atoms with Crippen molar-refractivity contribution in [2.24, 2.45) is 0 Å². The minimum absolute atomic E-state index is 0.0868. The Kier molecular flexibility index (Phi) is 13.1. The van der Waals surface area contributed by atoms with Crippen molar-refractivity contribution in [3.8, 4) is 17.2 Å². The number of nitrogens with zero attached hydrogens (tertiary/aromatic N) is 2. The van der Waals surface area contributed by atoms with Crippen molar-refractivity contribution in [3.63, 3.8) is 0 Å². The van der Waals surface area contributed by atoms with E-state index >= 15 is 0 Å². The lowest BCUT2D eigenvalue weighted by Gasteiger charge is -2.33. The molecule has 244 valence electrons. The second-order valence-corrected chi connectivity index (χ2v) is 12.4. The van der Waals surface area contributed by atoms with E-state index in [-0.39, 0.29) is 28.8 Å². The number of carbonyl (C=O) groups excluding carboxylic acids is 2. The topological polar surface area (TPSA) is 114 Å². The Morgan fingerprint density at radius 1 is 0.889 bits per heavy atom. The van der Waals surface area contributed by atoms with Gasteiger partial charge in [-0.3, -0.25) is 13.9 Å². The summed E-state index contributed by atoms with van der Waals surface area (Å²) in [7, 11) is -1.43. The quantitative estimate of drug-likeness (QED) is 0.199. The number of benzene rings is 3. The average Bonchev–Trinajstić information content (AvgIpc) is 3.04. The first-order valence-electron chi connectivity index (χ1n) is 15.2. The molecule has 3 aromatic rings. The highest BCUT2D eigenvalue weighted by molar-refractivity contribution is 7.92. The molecule has 0 saturated carbocycles. The van der Waals surface area contributed by atoms with Gasteiger partial charge in [-0.2, -0.15) is 0 Å². The Bertz CT molecular complexity index is 1510. The molecule has 3 aromatic carbocycles. The third-order valence-electron chi connectivity index (χ3n) is 7.35. The van der Waals surface area contributed by atoms with Crippen LogP contribution in [-0.2, 0) is 26.2 Å². The molecule has 0 radical (unpaired) electrons. The lowest BCUT2D eigenvalue weighted by atomic mass is 10.1. The molecule has 45 heavy (non-hydrogen) atoms. The number of rotatable bonds is 17. The molecule has 10 nitrogen and oxygen atoms in total. The molecule has 11 heteroatoms. The molecule has 0 aliphatic rings. The predicted molar refractivity (Wildman–Crippen MR) is 175 cm³/mol. The minimum atomic E-state index is -4.31. The van der Waals surface area contributed by atoms with Crippen molar-refractivity contribution < 1.29 is 32.2 Å². The molecule has 0 aromatic heterocycles. The van der Waals surface area contributed by atoms with E-state index in [1.54, 1.807) is 24.3 Å². The molecule has 1 N–H and O–H groups in total. The second-order valence-electron chi connectivity index (χ2n) is 10.5. The first kappa shape index (κ1) is 35.2. The van der Waals surface area contributed by atoms with Gasteiger partial charge < -0.3 is 24.4 Å². The SMILES string of the molecule is CCCCNC(=O)C(CC)N(Cc1ccc(C)cc1)C(=O)CN(c1ccc(OCC)cc1)S(=O)(=O)c1ccc(OC)c(OC)c1. The lowest BCUT2D eigenvalue weighted by Crippen LogP contribution is -2.52. The number of anilines is 1. The van der Waals surface area contributed by atoms with Crippen LogP contribution in [0.3, 0.4) is 0 Å². The molecule has 0 aliphatic carbocycles. The Morgan fingerprint density at radius 2 is 1.56 bits per heavy atom. The molecule has 1 atom stereocenters. The summed E-state index contributed by atoms with van der Waals surface area (Å²) >= 11 is 0. The molecule has 0 aliphatic heterocycles.